The highest BCUT2D eigenvalue weighted by Gasteiger charge is 2.51. The van der Waals surface area contributed by atoms with Crippen molar-refractivity contribution in [2.24, 2.45) is 0 Å². The first kappa shape index (κ1) is 74.7. The molecule has 0 bridgehead atoms. The first-order chi connectivity index (χ1) is 40.1. The minimum Gasteiger partial charge on any atom is -0.394 e. The molecule has 12 atom stereocenters. The number of allylic oxidation sites excluding steroid dienone is 18. The number of carbonyl (C=O) groups excluding carboxylic acids is 1. The van der Waals surface area contributed by atoms with Gasteiger partial charge in [0.05, 0.1) is 32.0 Å². The van der Waals surface area contributed by atoms with Crippen LogP contribution in [0, 0.1) is 0 Å². The van der Waals surface area contributed by atoms with Gasteiger partial charge in [0.1, 0.15) is 48.8 Å². The van der Waals surface area contributed by atoms with Crippen LogP contribution >= 0.6 is 0 Å². The van der Waals surface area contributed by atoms with Gasteiger partial charge in [-0.15, -0.1) is 0 Å². The van der Waals surface area contributed by atoms with Crippen LogP contribution in [0.4, 0.5) is 0 Å². The predicted octanol–water partition coefficient (Wildman–Crippen LogP) is 12.0. The topological polar surface area (TPSA) is 228 Å². The third-order valence-corrected chi connectivity index (χ3v) is 15.0. The highest BCUT2D eigenvalue weighted by molar-refractivity contribution is 5.76. The van der Waals surface area contributed by atoms with E-state index < -0.39 is 86.8 Å². The van der Waals surface area contributed by atoms with Gasteiger partial charge >= 0.3 is 0 Å². The lowest BCUT2D eigenvalue weighted by Gasteiger charge is -2.46. The number of ether oxygens (including phenoxy) is 4. The minimum atomic E-state index is -1.79. The van der Waals surface area contributed by atoms with E-state index in [1.54, 1.807) is 0 Å². The molecule has 2 saturated heterocycles. The van der Waals surface area contributed by atoms with E-state index in [0.717, 1.165) is 109 Å². The average molecular weight is 1150 g/mol. The first-order valence-electron chi connectivity index (χ1n) is 32.1. The van der Waals surface area contributed by atoms with Crippen molar-refractivity contribution >= 4 is 5.91 Å². The molecule has 0 aromatic heterocycles. The van der Waals surface area contributed by atoms with E-state index in [1.165, 1.54) is 77.0 Å². The van der Waals surface area contributed by atoms with Crippen LogP contribution in [-0.4, -0.2) is 140 Å². The zero-order chi connectivity index (χ0) is 59.5. The maximum absolute atomic E-state index is 13.2. The van der Waals surface area contributed by atoms with Gasteiger partial charge in [0.15, 0.2) is 12.6 Å². The molecule has 9 N–H and O–H groups in total. The lowest BCUT2D eigenvalue weighted by atomic mass is 9.97. The van der Waals surface area contributed by atoms with Crippen molar-refractivity contribution in [2.75, 3.05) is 19.8 Å². The first-order valence-corrected chi connectivity index (χ1v) is 32.1. The quantitative estimate of drug-likeness (QED) is 0.0204. The molecule has 2 heterocycles. The number of rotatable bonds is 50. The van der Waals surface area contributed by atoms with Crippen molar-refractivity contribution in [2.45, 2.75) is 293 Å². The Morgan fingerprint density at radius 3 is 1.29 bits per heavy atom. The number of carbonyl (C=O) groups is 1. The number of nitrogens with one attached hydrogen (secondary N) is 1. The molecule has 14 heteroatoms. The van der Waals surface area contributed by atoms with Crippen molar-refractivity contribution in [3.63, 3.8) is 0 Å². The molecular weight excluding hydrogens is 1040 g/mol. The van der Waals surface area contributed by atoms with Crippen LogP contribution in [0.2, 0.25) is 0 Å². The van der Waals surface area contributed by atoms with Crippen molar-refractivity contribution in [1.82, 2.24) is 5.32 Å². The van der Waals surface area contributed by atoms with Crippen LogP contribution in [0.3, 0.4) is 0 Å². The summed E-state index contributed by atoms with van der Waals surface area (Å²) < 4.78 is 22.8. The van der Waals surface area contributed by atoms with Gasteiger partial charge in [-0.2, -0.15) is 0 Å². The summed E-state index contributed by atoms with van der Waals surface area (Å²) in [6, 6.07) is -0.834. The zero-order valence-corrected chi connectivity index (χ0v) is 50.7. The molecule has 0 aromatic carbocycles. The third kappa shape index (κ3) is 36.5. The van der Waals surface area contributed by atoms with E-state index in [0.29, 0.717) is 19.3 Å². The molecule has 2 rings (SSSR count). The highest BCUT2D eigenvalue weighted by atomic mass is 16.7. The summed E-state index contributed by atoms with van der Waals surface area (Å²) in [6.45, 7) is 2.70. The maximum atomic E-state index is 13.2. The molecule has 2 aliphatic heterocycles. The summed E-state index contributed by atoms with van der Waals surface area (Å²) in [4.78, 5) is 13.2. The van der Waals surface area contributed by atoms with Crippen molar-refractivity contribution < 1.29 is 64.6 Å². The molecule has 470 valence electrons. The Bertz CT molecular complexity index is 1790. The van der Waals surface area contributed by atoms with Crippen LogP contribution in [0.25, 0.3) is 0 Å². The fourth-order valence-corrected chi connectivity index (χ4v) is 9.88. The highest BCUT2D eigenvalue weighted by Crippen LogP contribution is 2.30. The standard InChI is InChI=1S/C68H115NO13/c1-3-5-7-9-11-13-14-15-16-17-18-19-20-21-22-23-24-25-26-27-28-29-30-31-32-33-34-35-36-37-38-39-40-41-42-44-46-48-50-52-60(73)69-56(57(72)51-49-47-45-43-12-10-8-6-4-2)55-79-67-65(78)63(76)66(59(54-71)81-67)82-68-64(77)62(75)61(74)58(53-70)80-68/h5,7,11,13,15-16,18-19,21-22,24-25,27-28,30-31,33-34,56-59,61-68,70-72,74-78H,3-4,6,8-10,12,14,17,20,23,26,29,32,35-55H2,1-2H3,(H,69,73)/b7-5-,13-11-,16-15-,19-18-,22-21-,25-24-,28-27-,31-30-,34-33-. The number of hydrogen-bond acceptors (Lipinski definition) is 13. The Hall–Kier alpha value is -3.35. The molecule has 82 heavy (non-hydrogen) atoms. The van der Waals surface area contributed by atoms with Gasteiger partial charge in [-0.25, -0.2) is 0 Å². The Morgan fingerprint density at radius 2 is 0.841 bits per heavy atom. The smallest absolute Gasteiger partial charge is 0.220 e. The molecule has 0 aliphatic carbocycles. The molecule has 14 nitrogen and oxygen atoms in total. The number of aliphatic hydroxyl groups is 8. The number of unbranched alkanes of at least 4 members (excludes halogenated alkanes) is 19. The molecule has 2 fully saturated rings. The van der Waals surface area contributed by atoms with E-state index in [4.69, 9.17) is 18.9 Å². The summed E-state index contributed by atoms with van der Waals surface area (Å²) in [5.41, 5.74) is 0. The molecule has 12 unspecified atom stereocenters. The number of aliphatic hydroxyl groups excluding tert-OH is 8. The van der Waals surface area contributed by atoms with Crippen LogP contribution < -0.4 is 5.32 Å². The Morgan fingerprint density at radius 1 is 0.451 bits per heavy atom. The summed E-state index contributed by atoms with van der Waals surface area (Å²) in [5.74, 6) is -0.217. The summed E-state index contributed by atoms with van der Waals surface area (Å²) in [5, 5.41) is 87.0. The van der Waals surface area contributed by atoms with Gasteiger partial charge in [-0.1, -0.05) is 239 Å². The van der Waals surface area contributed by atoms with Crippen molar-refractivity contribution in [3.8, 4) is 0 Å². The second-order valence-corrected chi connectivity index (χ2v) is 22.2. The predicted molar refractivity (Wildman–Crippen MR) is 332 cm³/mol. The Kier molecular flexibility index (Phi) is 47.4. The van der Waals surface area contributed by atoms with E-state index in [9.17, 15) is 45.6 Å². The molecule has 0 spiro atoms. The van der Waals surface area contributed by atoms with E-state index in [1.807, 2.05) is 0 Å². The molecule has 0 radical (unpaired) electrons. The largest absolute Gasteiger partial charge is 0.394 e. The summed E-state index contributed by atoms with van der Waals surface area (Å²) in [7, 11) is 0. The SMILES string of the molecule is CC/C=C\C/C=C\C/C=C\C/C=C\C/C=C\C/C=C\C/C=C\C/C=C\C/C=C\CCCCCCCCCCCCCC(=O)NC(COC1OC(CO)C(OC2OC(CO)C(O)C(O)C2O)C(O)C1O)C(O)CCCCCCCCCCC. The van der Waals surface area contributed by atoms with Crippen molar-refractivity contribution in [3.05, 3.63) is 109 Å². The molecular formula is C68H115NO13. The minimum absolute atomic E-state index is 0.217. The Labute approximate surface area is 495 Å². The lowest BCUT2D eigenvalue weighted by molar-refractivity contribution is -0.359. The van der Waals surface area contributed by atoms with Gasteiger partial charge in [-0.3, -0.25) is 4.79 Å². The number of amides is 1. The fraction of sp³-hybridized carbons (Fsp3) is 0.721. The van der Waals surface area contributed by atoms with Gasteiger partial charge in [0.25, 0.3) is 0 Å². The third-order valence-electron chi connectivity index (χ3n) is 15.0. The number of hydrogen-bond donors (Lipinski definition) is 9. The molecule has 2 aliphatic rings. The van der Waals surface area contributed by atoms with E-state index in [2.05, 4.69) is 129 Å². The van der Waals surface area contributed by atoms with Crippen LogP contribution in [0.1, 0.15) is 219 Å². The van der Waals surface area contributed by atoms with E-state index in [-0.39, 0.29) is 12.5 Å². The van der Waals surface area contributed by atoms with Gasteiger partial charge in [0.2, 0.25) is 5.91 Å². The average Bonchev–Trinajstić information content (AvgIpc) is 3.38. The lowest BCUT2D eigenvalue weighted by Crippen LogP contribution is -2.65. The van der Waals surface area contributed by atoms with Gasteiger partial charge in [-0.05, 0) is 83.5 Å². The zero-order valence-electron chi connectivity index (χ0n) is 50.7. The second kappa shape index (κ2) is 52.0. The fourth-order valence-electron chi connectivity index (χ4n) is 9.88. The summed E-state index contributed by atoms with van der Waals surface area (Å²) in [6.07, 6.45) is 57.0. The summed E-state index contributed by atoms with van der Waals surface area (Å²) >= 11 is 0. The van der Waals surface area contributed by atoms with Gasteiger partial charge < -0.3 is 65.1 Å². The normalized spacial score (nSPS) is 24.7. The Balaban J connectivity index is 1.58. The molecule has 0 aromatic rings. The second-order valence-electron chi connectivity index (χ2n) is 22.2. The van der Waals surface area contributed by atoms with Crippen LogP contribution in [-0.2, 0) is 23.7 Å². The molecule has 0 saturated carbocycles. The van der Waals surface area contributed by atoms with Gasteiger partial charge in [0, 0.05) is 6.42 Å². The molecule has 1 amide bonds. The maximum Gasteiger partial charge on any atom is 0.220 e. The van der Waals surface area contributed by atoms with E-state index >= 15 is 0 Å². The monoisotopic (exact) mass is 1150 g/mol. The van der Waals surface area contributed by atoms with Crippen LogP contribution in [0.15, 0.2) is 109 Å². The van der Waals surface area contributed by atoms with Crippen LogP contribution in [0.5, 0.6) is 0 Å². The van der Waals surface area contributed by atoms with Crippen molar-refractivity contribution in [1.29, 1.82) is 0 Å².